The van der Waals surface area contributed by atoms with Crippen molar-refractivity contribution in [1.82, 2.24) is 0 Å². The van der Waals surface area contributed by atoms with E-state index in [0.29, 0.717) is 0 Å². The van der Waals surface area contributed by atoms with Crippen LogP contribution >= 0.6 is 0 Å². The number of benzene rings is 1. The minimum Gasteiger partial charge on any atom is -0.489 e. The third kappa shape index (κ3) is 5.32. The first-order chi connectivity index (χ1) is 14.4. The molecule has 0 amide bonds. The van der Waals surface area contributed by atoms with Crippen molar-refractivity contribution in [3.63, 3.8) is 0 Å². The fraction of sp³-hybridized carbons (Fsp3) is 0.600. The van der Waals surface area contributed by atoms with E-state index in [1.807, 2.05) is 46.8 Å². The van der Waals surface area contributed by atoms with Crippen LogP contribution in [-0.4, -0.2) is 20.6 Å². The number of hydrogen-bond donors (Lipinski definition) is 0. The Kier molecular flexibility index (Phi) is 7.82. The highest BCUT2D eigenvalue weighted by Crippen LogP contribution is 2.47. The first-order valence-electron chi connectivity index (χ1n) is 11.0. The van der Waals surface area contributed by atoms with Gasteiger partial charge in [0, 0.05) is 5.41 Å². The van der Waals surface area contributed by atoms with Crippen LogP contribution in [0.2, 0.25) is 5.28 Å². The fourth-order valence-electron chi connectivity index (χ4n) is 3.82. The number of allylic oxidation sites excluding steroid dienone is 2. The van der Waals surface area contributed by atoms with Gasteiger partial charge in [-0.3, -0.25) is 0 Å². The predicted molar refractivity (Wildman–Crippen MR) is 120 cm³/mol. The van der Waals surface area contributed by atoms with Crippen LogP contribution in [0.15, 0.2) is 23.8 Å². The zero-order valence-electron chi connectivity index (χ0n) is 20.5. The van der Waals surface area contributed by atoms with Crippen LogP contribution in [0.4, 0.5) is 22.0 Å². The molecule has 1 aliphatic carbocycles. The third-order valence-electron chi connectivity index (χ3n) is 6.42. The van der Waals surface area contributed by atoms with Crippen LogP contribution in [-0.2, 0) is 3.79 Å². The lowest BCUT2D eigenvalue weighted by molar-refractivity contribution is 0.195. The highest BCUT2D eigenvalue weighted by atomic mass is 27.2. The summed E-state index contributed by atoms with van der Waals surface area (Å²) in [6.45, 7) is 18.2. The molecule has 0 radical (unpaired) electrons. The second-order valence-corrected chi connectivity index (χ2v) is 13.7. The average Bonchev–Trinajstić information content (AvgIpc) is 2.64. The van der Waals surface area contributed by atoms with E-state index in [-0.39, 0.29) is 27.4 Å². The van der Waals surface area contributed by atoms with Crippen LogP contribution in [0.5, 0.6) is 0 Å². The molecule has 7 heteroatoms. The molecule has 0 fully saturated rings. The molecule has 0 N–H and O–H groups in total. The second-order valence-electron chi connectivity index (χ2n) is 11.4. The summed E-state index contributed by atoms with van der Waals surface area (Å²) in [4.78, 5) is 0. The first-order valence-corrected chi connectivity index (χ1v) is 12.9. The lowest BCUT2D eigenvalue weighted by Crippen LogP contribution is -2.45. The summed E-state index contributed by atoms with van der Waals surface area (Å²) >= 11 is -3.06. The first kappa shape index (κ1) is 27.1. The van der Waals surface area contributed by atoms with Crippen LogP contribution in [0.1, 0.15) is 62.3 Å². The van der Waals surface area contributed by atoms with Crippen molar-refractivity contribution < 1.29 is 25.7 Å². The van der Waals surface area contributed by atoms with Crippen LogP contribution in [0, 0.1) is 51.2 Å². The summed E-state index contributed by atoms with van der Waals surface area (Å²) in [5.74, 6) is -9.59. The quantitative estimate of drug-likeness (QED) is 0.145. The summed E-state index contributed by atoms with van der Waals surface area (Å²) in [6, 6.07) is 0. The normalized spacial score (nSPS) is 21.8. The minimum absolute atomic E-state index is 0.0453. The average molecular weight is 473 g/mol. The molecule has 1 aromatic carbocycles. The molecule has 0 aliphatic heterocycles. The van der Waals surface area contributed by atoms with Crippen LogP contribution < -0.4 is 4.43 Å². The van der Waals surface area contributed by atoms with Crippen molar-refractivity contribution in [3.05, 3.63) is 52.9 Å². The Hall–Kier alpha value is -1.16. The maximum absolute atomic E-state index is 14.7. The van der Waals surface area contributed by atoms with E-state index in [0.717, 1.165) is 5.57 Å². The van der Waals surface area contributed by atoms with Crippen molar-refractivity contribution >= 4 is 18.9 Å². The Balaban J connectivity index is 2.60. The summed E-state index contributed by atoms with van der Waals surface area (Å²) in [6.07, 6.45) is 5.43. The van der Waals surface area contributed by atoms with E-state index in [1.54, 1.807) is 0 Å². The van der Waals surface area contributed by atoms with Gasteiger partial charge in [-0.15, -0.1) is 0 Å². The highest BCUT2D eigenvalue weighted by molar-refractivity contribution is 6.67. The highest BCUT2D eigenvalue weighted by Gasteiger charge is 2.43. The standard InChI is InChI=1S/C15H25O.C6F5.C4H9.Al/c1-13(2,3)11-10-15(7,14(4,5)6)9-8-12(11)16;7-2-1-3(8)5(10)6(11)4(2)9;1-4(2)3;/h8-10,12H,1-7H3;;4H,1H2,2-3H3;/q-1;;;+1. The van der Waals surface area contributed by atoms with Gasteiger partial charge in [0.2, 0.25) is 0 Å². The largest absolute Gasteiger partial charge is 0.510 e. The zero-order chi connectivity index (χ0) is 24.8. The van der Waals surface area contributed by atoms with Crippen molar-refractivity contribution in [1.29, 1.82) is 0 Å². The molecule has 1 nitrogen and oxygen atoms in total. The Morgan fingerprint density at radius 1 is 0.906 bits per heavy atom. The SMILES string of the molecule is CC(C)[CH2][Al]([O]C1C=CC(C)(C(C)(C)C)C=C1C(C)(C)C)[c]1c(F)c(F)c(F)c(F)c1F. The molecular weight excluding hydrogens is 438 g/mol. The lowest BCUT2D eigenvalue weighted by atomic mass is 9.63. The van der Waals surface area contributed by atoms with Crippen molar-refractivity contribution in [3.8, 4) is 0 Å². The maximum Gasteiger partial charge on any atom is 0.510 e. The van der Waals surface area contributed by atoms with Gasteiger partial charge in [0.1, 0.15) is 0 Å². The van der Waals surface area contributed by atoms with Crippen LogP contribution in [0.25, 0.3) is 0 Å². The topological polar surface area (TPSA) is 9.23 Å². The molecule has 0 saturated heterocycles. The Morgan fingerprint density at radius 3 is 1.78 bits per heavy atom. The minimum atomic E-state index is -3.06. The second kappa shape index (κ2) is 9.24. The summed E-state index contributed by atoms with van der Waals surface area (Å²) in [5, 5.41) is 0.233. The number of hydrogen-bond acceptors (Lipinski definition) is 1. The number of halogens is 5. The molecular formula is C25H34AlF5O. The van der Waals surface area contributed by atoms with Gasteiger partial charge in [-0.1, -0.05) is 91.7 Å². The van der Waals surface area contributed by atoms with Gasteiger partial charge in [-0.2, -0.15) is 0 Å². The van der Waals surface area contributed by atoms with Gasteiger partial charge >= 0.3 is 14.5 Å². The molecule has 2 rings (SSSR count). The summed E-state index contributed by atoms with van der Waals surface area (Å²) < 4.78 is 76.4. The molecule has 0 heterocycles. The van der Waals surface area contributed by atoms with E-state index in [2.05, 4.69) is 33.8 Å². The Bertz CT molecular complexity index is 895. The maximum atomic E-state index is 14.7. The van der Waals surface area contributed by atoms with E-state index < -0.39 is 54.1 Å². The van der Waals surface area contributed by atoms with Gasteiger partial charge in [0.05, 0.1) is 6.10 Å². The third-order valence-corrected chi connectivity index (χ3v) is 9.57. The van der Waals surface area contributed by atoms with Gasteiger partial charge in [0.15, 0.2) is 29.1 Å². The van der Waals surface area contributed by atoms with Gasteiger partial charge in [-0.25, -0.2) is 22.0 Å². The summed E-state index contributed by atoms with van der Waals surface area (Å²) in [5.41, 5.74) is 0.230. The Labute approximate surface area is 193 Å². The predicted octanol–water partition coefficient (Wildman–Crippen LogP) is 7.22. The monoisotopic (exact) mass is 472 g/mol. The molecule has 0 bridgehead atoms. The Morgan fingerprint density at radius 2 is 1.38 bits per heavy atom. The molecule has 178 valence electrons. The van der Waals surface area contributed by atoms with E-state index in [9.17, 15) is 22.0 Å². The van der Waals surface area contributed by atoms with Crippen molar-refractivity contribution in [2.75, 3.05) is 0 Å². The van der Waals surface area contributed by atoms with E-state index in [4.69, 9.17) is 3.79 Å². The smallest absolute Gasteiger partial charge is 0.489 e. The van der Waals surface area contributed by atoms with E-state index in [1.165, 1.54) is 0 Å². The lowest BCUT2D eigenvalue weighted by Gasteiger charge is -2.44. The molecule has 0 spiro atoms. The molecule has 2 unspecified atom stereocenters. The molecule has 0 aromatic heterocycles. The number of rotatable bonds is 5. The van der Waals surface area contributed by atoms with Gasteiger partial charge in [-0.05, 0) is 20.8 Å². The fourth-order valence-corrected chi connectivity index (χ4v) is 6.57. The van der Waals surface area contributed by atoms with E-state index >= 15 is 0 Å². The molecule has 32 heavy (non-hydrogen) atoms. The molecule has 1 aliphatic rings. The molecule has 1 aromatic rings. The van der Waals surface area contributed by atoms with Crippen molar-refractivity contribution in [2.24, 2.45) is 22.2 Å². The van der Waals surface area contributed by atoms with Gasteiger partial charge < -0.3 is 3.79 Å². The van der Waals surface area contributed by atoms with Crippen molar-refractivity contribution in [2.45, 2.75) is 73.7 Å². The molecule has 0 saturated carbocycles. The van der Waals surface area contributed by atoms with Gasteiger partial charge in [0.25, 0.3) is 0 Å². The molecule has 2 atom stereocenters. The summed E-state index contributed by atoms with van der Waals surface area (Å²) in [7, 11) is 0. The van der Waals surface area contributed by atoms with Crippen LogP contribution in [0.3, 0.4) is 0 Å². The zero-order valence-corrected chi connectivity index (χ0v) is 21.6.